The number of nitro groups is 1. The smallest absolute Gasteiger partial charge is 0.270 e. The van der Waals surface area contributed by atoms with Crippen molar-refractivity contribution in [1.29, 1.82) is 0 Å². The van der Waals surface area contributed by atoms with E-state index in [9.17, 15) is 19.7 Å². The molecule has 0 bridgehead atoms. The van der Waals surface area contributed by atoms with E-state index in [1.807, 2.05) is 70.1 Å². The van der Waals surface area contributed by atoms with Gasteiger partial charge in [0.05, 0.1) is 19.1 Å². The zero-order chi connectivity index (χ0) is 35.6. The second-order valence-electron chi connectivity index (χ2n) is 12.3. The molecule has 11 heteroatoms. The fourth-order valence-corrected chi connectivity index (χ4v) is 6.60. The van der Waals surface area contributed by atoms with Gasteiger partial charge in [0.2, 0.25) is 0 Å². The van der Waals surface area contributed by atoms with Crippen molar-refractivity contribution in [3.8, 4) is 22.6 Å². The van der Waals surface area contributed by atoms with Crippen LogP contribution in [0.15, 0.2) is 109 Å². The van der Waals surface area contributed by atoms with Crippen molar-refractivity contribution < 1.29 is 24.0 Å². The number of nitrogens with zero attached hydrogens (tertiary/aromatic N) is 3. The highest BCUT2D eigenvalue weighted by molar-refractivity contribution is 6.30. The third-order valence-corrected chi connectivity index (χ3v) is 9.45. The third-order valence-electron chi connectivity index (χ3n) is 9.20. The zero-order valence-electron chi connectivity index (χ0n) is 27.9. The first-order valence-corrected chi connectivity index (χ1v) is 16.7. The molecule has 0 fully saturated rings. The van der Waals surface area contributed by atoms with Gasteiger partial charge in [0, 0.05) is 58.9 Å². The van der Waals surface area contributed by atoms with Gasteiger partial charge in [-0.2, -0.15) is 0 Å². The largest absolute Gasteiger partial charge is 0.493 e. The molecule has 1 aromatic heterocycles. The molecule has 2 heterocycles. The zero-order valence-corrected chi connectivity index (χ0v) is 28.6. The summed E-state index contributed by atoms with van der Waals surface area (Å²) in [5.74, 6) is 0.925. The molecule has 0 spiro atoms. The predicted molar refractivity (Wildman–Crippen MR) is 197 cm³/mol. The van der Waals surface area contributed by atoms with Crippen molar-refractivity contribution in [3.63, 3.8) is 0 Å². The van der Waals surface area contributed by atoms with E-state index in [-0.39, 0.29) is 17.5 Å². The number of aromatic nitrogens is 1. The Morgan fingerprint density at radius 2 is 1.49 bits per heavy atom. The number of hydrogen-bond donors (Lipinski definition) is 1. The van der Waals surface area contributed by atoms with Gasteiger partial charge in [0.15, 0.2) is 11.5 Å². The number of nitrogens with one attached hydrogen (secondary N) is 1. The van der Waals surface area contributed by atoms with Crippen LogP contribution in [0.5, 0.6) is 11.5 Å². The Kier molecular flexibility index (Phi) is 9.16. The molecule has 0 saturated carbocycles. The molecule has 10 nitrogen and oxygen atoms in total. The number of carbonyl (C=O) groups excluding carboxylic acids is 2. The Balaban J connectivity index is 1.19. The van der Waals surface area contributed by atoms with Crippen molar-refractivity contribution in [3.05, 3.63) is 152 Å². The van der Waals surface area contributed by atoms with Crippen LogP contribution >= 0.6 is 11.6 Å². The summed E-state index contributed by atoms with van der Waals surface area (Å²) in [5.41, 5.74) is 7.36. The van der Waals surface area contributed by atoms with Gasteiger partial charge in [-0.3, -0.25) is 19.7 Å². The van der Waals surface area contributed by atoms with Crippen molar-refractivity contribution >= 4 is 45.7 Å². The number of carbonyl (C=O) groups is 2. The lowest BCUT2D eigenvalue weighted by molar-refractivity contribution is -0.384. The molecule has 6 aromatic rings. The molecule has 0 unspecified atom stereocenters. The van der Waals surface area contributed by atoms with Gasteiger partial charge < -0.3 is 24.3 Å². The highest BCUT2D eigenvalue weighted by atomic mass is 35.5. The Morgan fingerprint density at radius 1 is 0.824 bits per heavy atom. The van der Waals surface area contributed by atoms with E-state index in [1.54, 1.807) is 50.6 Å². The fraction of sp³-hybridized carbons (Fsp3) is 0.150. The summed E-state index contributed by atoms with van der Waals surface area (Å²) in [6, 6.07) is 32.5. The standard InChI is InChI=1S/C40H33ClN4O6/c1-50-37-21-29-17-18-43(24-31(29)22-38(37)51-2)40(47)36-20-30-19-28(9-16-35(30)44(36)23-25-3-14-34(15-4-25)45(48)49)26-7-12-33(13-8-26)42-39(46)27-5-10-32(41)11-6-27/h3-16,19-22H,17-18,23-24H2,1-2H3,(H,42,46). The van der Waals surface area contributed by atoms with Gasteiger partial charge in [-0.15, -0.1) is 0 Å². The number of amides is 2. The van der Waals surface area contributed by atoms with Gasteiger partial charge in [-0.05, 0) is 101 Å². The van der Waals surface area contributed by atoms with Crippen molar-refractivity contribution in [2.75, 3.05) is 26.1 Å². The summed E-state index contributed by atoms with van der Waals surface area (Å²) in [5, 5.41) is 15.6. The molecule has 2 amide bonds. The van der Waals surface area contributed by atoms with Crippen LogP contribution in [0.4, 0.5) is 11.4 Å². The molecule has 0 saturated heterocycles. The van der Waals surface area contributed by atoms with E-state index in [0.717, 1.165) is 38.7 Å². The number of methoxy groups -OCH3 is 2. The van der Waals surface area contributed by atoms with Crippen molar-refractivity contribution in [1.82, 2.24) is 9.47 Å². The Hall–Kier alpha value is -6.13. The molecule has 256 valence electrons. The number of non-ortho nitro benzene ring substituents is 1. The van der Waals surface area contributed by atoms with Crippen LogP contribution in [-0.4, -0.2) is 47.0 Å². The molecule has 1 aliphatic heterocycles. The quantitative estimate of drug-likeness (QED) is 0.120. The molecule has 5 aromatic carbocycles. The molecular formula is C40H33ClN4O6. The van der Waals surface area contributed by atoms with Gasteiger partial charge in [-0.1, -0.05) is 41.9 Å². The van der Waals surface area contributed by atoms with E-state index < -0.39 is 4.92 Å². The summed E-state index contributed by atoms with van der Waals surface area (Å²) in [6.45, 7) is 1.30. The lowest BCUT2D eigenvalue weighted by Crippen LogP contribution is -2.37. The molecule has 51 heavy (non-hydrogen) atoms. The second-order valence-corrected chi connectivity index (χ2v) is 12.7. The monoisotopic (exact) mass is 700 g/mol. The first kappa shape index (κ1) is 33.4. The summed E-state index contributed by atoms with van der Waals surface area (Å²) >= 11 is 5.96. The number of fused-ring (bicyclic) bond motifs is 2. The van der Waals surface area contributed by atoms with E-state index in [1.165, 1.54) is 12.1 Å². The number of rotatable bonds is 9. The van der Waals surface area contributed by atoms with Crippen LogP contribution in [0.25, 0.3) is 22.0 Å². The average Bonchev–Trinajstić information content (AvgIpc) is 3.51. The normalized spacial score (nSPS) is 12.3. The van der Waals surface area contributed by atoms with Crippen LogP contribution in [-0.2, 0) is 19.5 Å². The fourth-order valence-electron chi connectivity index (χ4n) is 6.47. The van der Waals surface area contributed by atoms with Crippen molar-refractivity contribution in [2.24, 2.45) is 0 Å². The average molecular weight is 701 g/mol. The number of anilines is 1. The second kappa shape index (κ2) is 14.0. The third kappa shape index (κ3) is 6.86. The maximum absolute atomic E-state index is 14.3. The maximum atomic E-state index is 14.3. The van der Waals surface area contributed by atoms with E-state index in [4.69, 9.17) is 21.1 Å². The molecule has 1 aliphatic rings. The number of ether oxygens (including phenoxy) is 2. The Morgan fingerprint density at radius 3 is 2.16 bits per heavy atom. The van der Waals surface area contributed by atoms with Crippen LogP contribution in [0.1, 0.15) is 37.5 Å². The van der Waals surface area contributed by atoms with E-state index >= 15 is 0 Å². The molecule has 0 aliphatic carbocycles. The number of nitro benzene ring substituents is 1. The van der Waals surface area contributed by atoms with Gasteiger partial charge in [0.25, 0.3) is 17.5 Å². The minimum Gasteiger partial charge on any atom is -0.493 e. The van der Waals surface area contributed by atoms with Crippen LogP contribution in [0, 0.1) is 10.1 Å². The molecule has 1 N–H and O–H groups in total. The minimum atomic E-state index is -0.426. The predicted octanol–water partition coefficient (Wildman–Crippen LogP) is 8.39. The van der Waals surface area contributed by atoms with Gasteiger partial charge in [-0.25, -0.2) is 0 Å². The summed E-state index contributed by atoms with van der Waals surface area (Å²) in [7, 11) is 3.20. The summed E-state index contributed by atoms with van der Waals surface area (Å²) < 4.78 is 13.0. The number of halogens is 1. The summed E-state index contributed by atoms with van der Waals surface area (Å²) in [6.07, 6.45) is 0.671. The Bertz CT molecular complexity index is 2280. The number of hydrogen-bond acceptors (Lipinski definition) is 6. The SMILES string of the molecule is COc1cc2c(cc1OC)CN(C(=O)c1cc3cc(-c4ccc(NC(=O)c5ccc(Cl)cc5)cc4)ccc3n1Cc1ccc([N+](=O)[O-])cc1)CC2. The first-order chi connectivity index (χ1) is 24.7. The topological polar surface area (TPSA) is 116 Å². The van der Waals surface area contributed by atoms with Crippen LogP contribution in [0.2, 0.25) is 5.02 Å². The highest BCUT2D eigenvalue weighted by Gasteiger charge is 2.27. The minimum absolute atomic E-state index is 0.00617. The first-order valence-electron chi connectivity index (χ1n) is 16.3. The Labute approximate surface area is 298 Å². The van der Waals surface area contributed by atoms with E-state index in [2.05, 4.69) is 5.32 Å². The van der Waals surface area contributed by atoms with Gasteiger partial charge >= 0.3 is 0 Å². The lowest BCUT2D eigenvalue weighted by atomic mass is 9.98. The lowest BCUT2D eigenvalue weighted by Gasteiger charge is -2.30. The van der Waals surface area contributed by atoms with Crippen LogP contribution < -0.4 is 14.8 Å². The van der Waals surface area contributed by atoms with Crippen LogP contribution in [0.3, 0.4) is 0 Å². The maximum Gasteiger partial charge on any atom is 0.270 e. The molecule has 0 radical (unpaired) electrons. The van der Waals surface area contributed by atoms with Gasteiger partial charge in [0.1, 0.15) is 5.69 Å². The number of benzene rings is 5. The molecule has 0 atom stereocenters. The highest BCUT2D eigenvalue weighted by Crippen LogP contribution is 2.35. The van der Waals surface area contributed by atoms with Crippen molar-refractivity contribution in [2.45, 2.75) is 19.5 Å². The molecular weight excluding hydrogens is 668 g/mol. The summed E-state index contributed by atoms with van der Waals surface area (Å²) in [4.78, 5) is 39.7. The van der Waals surface area contributed by atoms with E-state index in [0.29, 0.717) is 59.5 Å². The molecule has 7 rings (SSSR count).